The minimum absolute atomic E-state index is 0.242. The van der Waals surface area contributed by atoms with Crippen molar-refractivity contribution >= 4 is 44.1 Å². The molecule has 1 aliphatic carbocycles. The molecule has 1 atom stereocenters. The minimum atomic E-state index is -0.469. The zero-order valence-electron chi connectivity index (χ0n) is 15.9. The molecule has 1 aromatic carbocycles. The number of carbonyl (C=O) groups excluding carboxylic acids is 2. The maximum absolute atomic E-state index is 12.7. The fraction of sp³-hybridized carbons (Fsp3) is 0.429. The molecule has 0 saturated carbocycles. The molecule has 3 N–H and O–H groups in total. The lowest BCUT2D eigenvalue weighted by Crippen LogP contribution is -2.29. The van der Waals surface area contributed by atoms with Gasteiger partial charge in [-0.05, 0) is 64.2 Å². The lowest BCUT2D eigenvalue weighted by Gasteiger charge is -2.36. The molecule has 1 unspecified atom stereocenters. The Morgan fingerprint density at radius 2 is 2.04 bits per heavy atom. The van der Waals surface area contributed by atoms with E-state index in [-0.39, 0.29) is 11.3 Å². The Morgan fingerprint density at radius 1 is 1.33 bits per heavy atom. The molecule has 1 heterocycles. The van der Waals surface area contributed by atoms with Gasteiger partial charge in [-0.3, -0.25) is 9.59 Å². The van der Waals surface area contributed by atoms with E-state index < -0.39 is 5.91 Å². The van der Waals surface area contributed by atoms with Crippen molar-refractivity contribution in [1.29, 1.82) is 0 Å². The van der Waals surface area contributed by atoms with Crippen LogP contribution in [0.1, 0.15) is 64.8 Å². The van der Waals surface area contributed by atoms with Crippen LogP contribution in [0.15, 0.2) is 28.7 Å². The topological polar surface area (TPSA) is 72.2 Å². The average molecular weight is 449 g/mol. The van der Waals surface area contributed by atoms with Gasteiger partial charge in [0.25, 0.3) is 11.8 Å². The summed E-state index contributed by atoms with van der Waals surface area (Å²) in [7, 11) is 0. The Hall–Kier alpha value is -1.66. The van der Waals surface area contributed by atoms with E-state index in [1.807, 2.05) is 18.2 Å². The normalized spacial score (nSPS) is 16.7. The van der Waals surface area contributed by atoms with Crippen LogP contribution in [-0.2, 0) is 12.8 Å². The molecule has 1 aliphatic rings. The lowest BCUT2D eigenvalue weighted by atomic mass is 9.69. The van der Waals surface area contributed by atoms with Gasteiger partial charge >= 0.3 is 0 Å². The number of thiophene rings is 1. The van der Waals surface area contributed by atoms with E-state index in [4.69, 9.17) is 5.73 Å². The summed E-state index contributed by atoms with van der Waals surface area (Å²) >= 11 is 4.90. The fourth-order valence-electron chi connectivity index (χ4n) is 3.71. The minimum Gasteiger partial charge on any atom is -0.365 e. The zero-order chi connectivity index (χ0) is 19.8. The second kappa shape index (κ2) is 7.76. The Labute approximate surface area is 172 Å². The van der Waals surface area contributed by atoms with Crippen molar-refractivity contribution in [2.24, 2.45) is 17.1 Å². The first-order valence-corrected chi connectivity index (χ1v) is 10.9. The number of hydrogen-bond acceptors (Lipinski definition) is 3. The number of halogens is 1. The average Bonchev–Trinajstić information content (AvgIpc) is 2.99. The first kappa shape index (κ1) is 20.1. The van der Waals surface area contributed by atoms with Crippen LogP contribution in [0.3, 0.4) is 0 Å². The van der Waals surface area contributed by atoms with Gasteiger partial charge in [-0.15, -0.1) is 11.3 Å². The van der Waals surface area contributed by atoms with Crippen LogP contribution in [0.4, 0.5) is 5.00 Å². The van der Waals surface area contributed by atoms with Crippen molar-refractivity contribution in [2.75, 3.05) is 5.32 Å². The highest BCUT2D eigenvalue weighted by molar-refractivity contribution is 9.10. The molecule has 0 spiro atoms. The van der Waals surface area contributed by atoms with Crippen molar-refractivity contribution in [2.45, 2.75) is 46.5 Å². The molecule has 1 aromatic heterocycles. The third-order valence-electron chi connectivity index (χ3n) is 5.87. The van der Waals surface area contributed by atoms with Crippen LogP contribution in [0.5, 0.6) is 0 Å². The molecule has 2 aromatic rings. The number of hydrogen-bond donors (Lipinski definition) is 2. The molecule has 3 rings (SSSR count). The first-order chi connectivity index (χ1) is 12.7. The van der Waals surface area contributed by atoms with E-state index in [0.29, 0.717) is 26.5 Å². The summed E-state index contributed by atoms with van der Waals surface area (Å²) in [6.07, 6.45) is 3.93. The molecule has 0 radical (unpaired) electrons. The third kappa shape index (κ3) is 3.97. The van der Waals surface area contributed by atoms with Crippen LogP contribution in [-0.4, -0.2) is 11.8 Å². The smallest absolute Gasteiger partial charge is 0.257 e. The SMILES string of the molecule is CCC(C)(C)C1CCc2c(sc(NC(=O)c3ccccc3Br)c2C(N)=O)C1. The number of primary amides is 1. The quantitative estimate of drug-likeness (QED) is 0.641. The van der Waals surface area contributed by atoms with Crippen molar-refractivity contribution in [3.63, 3.8) is 0 Å². The van der Waals surface area contributed by atoms with Gasteiger partial charge in [0.2, 0.25) is 0 Å². The van der Waals surface area contributed by atoms with E-state index in [1.165, 1.54) is 16.2 Å². The number of benzene rings is 1. The monoisotopic (exact) mass is 448 g/mol. The van der Waals surface area contributed by atoms with Crippen molar-refractivity contribution < 1.29 is 9.59 Å². The van der Waals surface area contributed by atoms with E-state index in [2.05, 4.69) is 42.0 Å². The van der Waals surface area contributed by atoms with Gasteiger partial charge in [-0.2, -0.15) is 0 Å². The van der Waals surface area contributed by atoms with Crippen LogP contribution >= 0.6 is 27.3 Å². The second-order valence-electron chi connectivity index (χ2n) is 7.79. The summed E-state index contributed by atoms with van der Waals surface area (Å²) in [6.45, 7) is 6.84. The van der Waals surface area contributed by atoms with E-state index in [9.17, 15) is 9.59 Å². The summed E-state index contributed by atoms with van der Waals surface area (Å²) in [5.41, 5.74) is 7.98. The molecule has 0 fully saturated rings. The predicted molar refractivity (Wildman–Crippen MR) is 115 cm³/mol. The zero-order valence-corrected chi connectivity index (χ0v) is 18.3. The van der Waals surface area contributed by atoms with E-state index in [1.54, 1.807) is 6.07 Å². The fourth-order valence-corrected chi connectivity index (χ4v) is 5.50. The Balaban J connectivity index is 1.93. The van der Waals surface area contributed by atoms with Crippen LogP contribution in [0, 0.1) is 11.3 Å². The molecule has 0 bridgehead atoms. The highest BCUT2D eigenvalue weighted by Crippen LogP contribution is 2.45. The van der Waals surface area contributed by atoms with Crippen molar-refractivity contribution in [3.8, 4) is 0 Å². The number of rotatable bonds is 5. The standard InChI is InChI=1S/C21H25BrN2O2S/c1-4-21(2,3)12-9-10-14-16(11-12)27-20(17(14)18(23)25)24-19(26)13-7-5-6-8-15(13)22/h5-8,12H,4,9-11H2,1-3H3,(H2,23,25)(H,24,26). The second-order valence-corrected chi connectivity index (χ2v) is 9.75. The number of nitrogens with two attached hydrogens (primary N) is 1. The highest BCUT2D eigenvalue weighted by atomic mass is 79.9. The maximum atomic E-state index is 12.7. The summed E-state index contributed by atoms with van der Waals surface area (Å²) in [5.74, 6) is -0.140. The summed E-state index contributed by atoms with van der Waals surface area (Å²) in [4.78, 5) is 26.0. The summed E-state index contributed by atoms with van der Waals surface area (Å²) in [5, 5.41) is 3.49. The number of anilines is 1. The maximum Gasteiger partial charge on any atom is 0.257 e. The van der Waals surface area contributed by atoms with E-state index >= 15 is 0 Å². The molecule has 0 saturated heterocycles. The van der Waals surface area contributed by atoms with Crippen LogP contribution in [0.25, 0.3) is 0 Å². The molecule has 27 heavy (non-hydrogen) atoms. The van der Waals surface area contributed by atoms with Crippen molar-refractivity contribution in [1.82, 2.24) is 0 Å². The molecular weight excluding hydrogens is 424 g/mol. The number of fused-ring (bicyclic) bond motifs is 1. The van der Waals surface area contributed by atoms with Crippen LogP contribution < -0.4 is 11.1 Å². The number of carbonyl (C=O) groups is 2. The van der Waals surface area contributed by atoms with Crippen LogP contribution in [0.2, 0.25) is 0 Å². The summed E-state index contributed by atoms with van der Waals surface area (Å²) in [6, 6.07) is 7.23. The van der Waals surface area contributed by atoms with E-state index in [0.717, 1.165) is 31.2 Å². The first-order valence-electron chi connectivity index (χ1n) is 9.24. The van der Waals surface area contributed by atoms with Gasteiger partial charge in [0.1, 0.15) is 5.00 Å². The van der Waals surface area contributed by atoms with Gasteiger partial charge in [-0.25, -0.2) is 0 Å². The van der Waals surface area contributed by atoms with Gasteiger partial charge in [0, 0.05) is 9.35 Å². The third-order valence-corrected chi connectivity index (χ3v) is 7.73. The van der Waals surface area contributed by atoms with Gasteiger partial charge < -0.3 is 11.1 Å². The Kier molecular flexibility index (Phi) is 5.77. The molecule has 144 valence electrons. The molecule has 6 heteroatoms. The molecular formula is C21H25BrN2O2S. The number of amides is 2. The Bertz CT molecular complexity index is 888. The number of nitrogens with one attached hydrogen (secondary N) is 1. The highest BCUT2D eigenvalue weighted by Gasteiger charge is 2.35. The molecule has 0 aliphatic heterocycles. The van der Waals surface area contributed by atoms with Gasteiger partial charge in [0.15, 0.2) is 0 Å². The van der Waals surface area contributed by atoms with Gasteiger partial charge in [-0.1, -0.05) is 39.3 Å². The van der Waals surface area contributed by atoms with Crippen molar-refractivity contribution in [3.05, 3.63) is 50.3 Å². The predicted octanol–water partition coefficient (Wildman–Crippen LogP) is 5.40. The lowest BCUT2D eigenvalue weighted by molar-refractivity contribution is 0.0999. The molecule has 4 nitrogen and oxygen atoms in total. The largest absolute Gasteiger partial charge is 0.365 e. The Morgan fingerprint density at radius 3 is 2.67 bits per heavy atom. The van der Waals surface area contributed by atoms with Gasteiger partial charge in [0.05, 0.1) is 11.1 Å². The summed E-state index contributed by atoms with van der Waals surface area (Å²) < 4.78 is 0.717. The molecule has 2 amide bonds.